The van der Waals surface area contributed by atoms with E-state index in [4.69, 9.17) is 14.5 Å². The van der Waals surface area contributed by atoms with Crippen molar-refractivity contribution in [1.29, 1.82) is 0 Å². The topological polar surface area (TPSA) is 49.3 Å². The molecule has 162 valence electrons. The molecule has 1 atom stereocenters. The molecule has 3 rings (SSSR count). The van der Waals surface area contributed by atoms with Crippen molar-refractivity contribution in [1.82, 2.24) is 15.1 Å². The van der Waals surface area contributed by atoms with Crippen molar-refractivity contribution in [2.24, 2.45) is 4.99 Å². The van der Waals surface area contributed by atoms with Crippen LogP contribution in [-0.2, 0) is 15.9 Å². The zero-order valence-corrected chi connectivity index (χ0v) is 18.0. The van der Waals surface area contributed by atoms with Gasteiger partial charge in [0.2, 0.25) is 0 Å². The summed E-state index contributed by atoms with van der Waals surface area (Å²) in [6, 6.07) is 11.2. The van der Waals surface area contributed by atoms with Gasteiger partial charge in [0.1, 0.15) is 0 Å². The predicted octanol–water partition coefficient (Wildman–Crippen LogP) is 2.40. The summed E-state index contributed by atoms with van der Waals surface area (Å²) >= 11 is 0. The summed E-state index contributed by atoms with van der Waals surface area (Å²) < 4.78 is 11.3. The van der Waals surface area contributed by atoms with Crippen LogP contribution in [0, 0.1) is 0 Å². The molecule has 0 bridgehead atoms. The van der Waals surface area contributed by atoms with E-state index in [-0.39, 0.29) is 0 Å². The molecular formula is C23H38N4O2. The van der Waals surface area contributed by atoms with Crippen molar-refractivity contribution in [2.75, 3.05) is 65.7 Å². The summed E-state index contributed by atoms with van der Waals surface area (Å²) in [5.74, 6) is 1.08. The van der Waals surface area contributed by atoms with Gasteiger partial charge in [0.25, 0.3) is 0 Å². The third-order valence-corrected chi connectivity index (χ3v) is 5.70. The van der Waals surface area contributed by atoms with Crippen LogP contribution in [0.3, 0.4) is 0 Å². The van der Waals surface area contributed by atoms with Gasteiger partial charge in [0, 0.05) is 51.9 Å². The van der Waals surface area contributed by atoms with Crippen molar-refractivity contribution in [2.45, 2.75) is 38.6 Å². The minimum absolute atomic E-state index is 0.640. The molecule has 6 nitrogen and oxygen atoms in total. The lowest BCUT2D eigenvalue weighted by molar-refractivity contribution is 0.0195. The van der Waals surface area contributed by atoms with Crippen LogP contribution in [0.4, 0.5) is 0 Å². The van der Waals surface area contributed by atoms with E-state index < -0.39 is 0 Å². The lowest BCUT2D eigenvalue weighted by atomic mass is 10.2. The quantitative estimate of drug-likeness (QED) is 0.370. The van der Waals surface area contributed by atoms with E-state index in [0.717, 1.165) is 90.9 Å². The van der Waals surface area contributed by atoms with Crippen LogP contribution in [0.5, 0.6) is 0 Å². The number of benzene rings is 1. The standard InChI is InChI=1S/C23H38N4O2/c1-2-24-23(27-13-10-22(20-27)26-14-18-29-19-15-26)25-12-6-7-16-28-17-11-21-8-4-3-5-9-21/h3-5,8-9,22H,2,6-7,10-20H2,1H3,(H,24,25). The van der Waals surface area contributed by atoms with E-state index >= 15 is 0 Å². The fourth-order valence-electron chi connectivity index (χ4n) is 4.04. The number of nitrogens with zero attached hydrogens (tertiary/aromatic N) is 3. The van der Waals surface area contributed by atoms with E-state index in [1.54, 1.807) is 0 Å². The highest BCUT2D eigenvalue weighted by molar-refractivity contribution is 5.80. The summed E-state index contributed by atoms with van der Waals surface area (Å²) in [7, 11) is 0. The van der Waals surface area contributed by atoms with Crippen LogP contribution in [-0.4, -0.2) is 87.5 Å². The van der Waals surface area contributed by atoms with Crippen LogP contribution in [0.1, 0.15) is 31.7 Å². The monoisotopic (exact) mass is 402 g/mol. The molecular weight excluding hydrogens is 364 g/mol. The Kier molecular flexibility index (Phi) is 9.76. The summed E-state index contributed by atoms with van der Waals surface area (Å²) in [5.41, 5.74) is 1.34. The average Bonchev–Trinajstić information content (AvgIpc) is 3.26. The number of ether oxygens (including phenoxy) is 2. The number of nitrogens with one attached hydrogen (secondary N) is 1. The van der Waals surface area contributed by atoms with E-state index in [0.29, 0.717) is 6.04 Å². The smallest absolute Gasteiger partial charge is 0.193 e. The second-order valence-electron chi connectivity index (χ2n) is 7.83. The molecule has 2 heterocycles. The number of aliphatic imine (C=N–C) groups is 1. The first-order valence-corrected chi connectivity index (χ1v) is 11.3. The van der Waals surface area contributed by atoms with Crippen LogP contribution in [0.15, 0.2) is 35.3 Å². The first-order chi connectivity index (χ1) is 14.4. The van der Waals surface area contributed by atoms with Crippen molar-refractivity contribution in [3.05, 3.63) is 35.9 Å². The van der Waals surface area contributed by atoms with E-state index in [9.17, 15) is 0 Å². The molecule has 6 heteroatoms. The maximum absolute atomic E-state index is 5.78. The number of likely N-dealkylation sites (tertiary alicyclic amines) is 1. The third kappa shape index (κ3) is 7.61. The molecule has 2 saturated heterocycles. The number of guanidine groups is 1. The van der Waals surface area contributed by atoms with Gasteiger partial charge in [-0.05, 0) is 38.2 Å². The van der Waals surface area contributed by atoms with Gasteiger partial charge in [-0.2, -0.15) is 0 Å². The van der Waals surface area contributed by atoms with Gasteiger partial charge in [0.05, 0.1) is 19.8 Å². The minimum atomic E-state index is 0.640. The Morgan fingerprint density at radius 3 is 2.76 bits per heavy atom. The molecule has 2 fully saturated rings. The number of morpholine rings is 1. The third-order valence-electron chi connectivity index (χ3n) is 5.70. The first-order valence-electron chi connectivity index (χ1n) is 11.3. The highest BCUT2D eigenvalue weighted by Gasteiger charge is 2.30. The molecule has 2 aliphatic rings. The van der Waals surface area contributed by atoms with Gasteiger partial charge in [0.15, 0.2) is 5.96 Å². The van der Waals surface area contributed by atoms with E-state index in [2.05, 4.69) is 52.4 Å². The molecule has 0 aliphatic carbocycles. The predicted molar refractivity (Wildman–Crippen MR) is 119 cm³/mol. The average molecular weight is 403 g/mol. The number of rotatable bonds is 10. The maximum Gasteiger partial charge on any atom is 0.193 e. The summed E-state index contributed by atoms with van der Waals surface area (Å²) in [6.45, 7) is 11.6. The summed E-state index contributed by atoms with van der Waals surface area (Å²) in [4.78, 5) is 9.89. The van der Waals surface area contributed by atoms with Crippen LogP contribution in [0.2, 0.25) is 0 Å². The van der Waals surface area contributed by atoms with Gasteiger partial charge < -0.3 is 19.7 Å². The molecule has 0 saturated carbocycles. The van der Waals surface area contributed by atoms with Gasteiger partial charge in [-0.15, -0.1) is 0 Å². The Hall–Kier alpha value is -1.63. The summed E-state index contributed by atoms with van der Waals surface area (Å²) in [5, 5.41) is 3.48. The second-order valence-corrected chi connectivity index (χ2v) is 7.83. The normalized spacial score (nSPS) is 20.9. The molecule has 0 amide bonds. The van der Waals surface area contributed by atoms with Crippen LogP contribution < -0.4 is 5.32 Å². The molecule has 0 aromatic heterocycles. The SMILES string of the molecule is CCNC(=NCCCCOCCc1ccccc1)N1CCC(N2CCOCC2)C1. The Bertz CT molecular complexity index is 590. The first kappa shape index (κ1) is 22.1. The van der Waals surface area contributed by atoms with Gasteiger partial charge in [-0.1, -0.05) is 30.3 Å². The molecule has 1 unspecified atom stereocenters. The summed E-state index contributed by atoms with van der Waals surface area (Å²) in [6.07, 6.45) is 4.34. The number of hydrogen-bond acceptors (Lipinski definition) is 4. The van der Waals surface area contributed by atoms with Crippen molar-refractivity contribution in [3.8, 4) is 0 Å². The molecule has 1 aromatic carbocycles. The lowest BCUT2D eigenvalue weighted by Crippen LogP contribution is -2.46. The van der Waals surface area contributed by atoms with Crippen molar-refractivity contribution >= 4 is 5.96 Å². The van der Waals surface area contributed by atoms with Crippen molar-refractivity contribution in [3.63, 3.8) is 0 Å². The lowest BCUT2D eigenvalue weighted by Gasteiger charge is -2.32. The largest absolute Gasteiger partial charge is 0.381 e. The Morgan fingerprint density at radius 2 is 1.97 bits per heavy atom. The zero-order chi connectivity index (χ0) is 20.2. The van der Waals surface area contributed by atoms with Gasteiger partial charge in [-0.25, -0.2) is 0 Å². The number of unbranched alkanes of at least 4 members (excludes halogenated alkanes) is 1. The second kappa shape index (κ2) is 12.8. The molecule has 1 aromatic rings. The van der Waals surface area contributed by atoms with E-state index in [1.165, 1.54) is 12.0 Å². The fraction of sp³-hybridized carbons (Fsp3) is 0.696. The number of hydrogen-bond donors (Lipinski definition) is 1. The highest BCUT2D eigenvalue weighted by Crippen LogP contribution is 2.17. The highest BCUT2D eigenvalue weighted by atomic mass is 16.5. The van der Waals surface area contributed by atoms with Gasteiger partial charge in [-0.3, -0.25) is 9.89 Å². The Morgan fingerprint density at radius 1 is 1.14 bits per heavy atom. The van der Waals surface area contributed by atoms with Crippen LogP contribution >= 0.6 is 0 Å². The molecule has 0 radical (unpaired) electrons. The van der Waals surface area contributed by atoms with Crippen molar-refractivity contribution < 1.29 is 9.47 Å². The van der Waals surface area contributed by atoms with E-state index in [1.807, 2.05) is 0 Å². The maximum atomic E-state index is 5.78. The molecule has 1 N–H and O–H groups in total. The molecule has 0 spiro atoms. The molecule has 29 heavy (non-hydrogen) atoms. The van der Waals surface area contributed by atoms with Gasteiger partial charge >= 0.3 is 0 Å². The molecule has 2 aliphatic heterocycles. The Labute approximate surface area is 176 Å². The fourth-order valence-corrected chi connectivity index (χ4v) is 4.04. The minimum Gasteiger partial charge on any atom is -0.381 e. The van der Waals surface area contributed by atoms with Crippen LogP contribution in [0.25, 0.3) is 0 Å². The Balaban J connectivity index is 1.31. The zero-order valence-electron chi connectivity index (χ0n) is 18.0.